The molecule has 0 bridgehead atoms. The summed E-state index contributed by atoms with van der Waals surface area (Å²) < 4.78 is 1.02. The molecule has 1 aromatic rings. The summed E-state index contributed by atoms with van der Waals surface area (Å²) in [5, 5.41) is 12.8. The monoisotopic (exact) mass is 331 g/mol. The summed E-state index contributed by atoms with van der Waals surface area (Å²) in [6, 6.07) is 2.01. The van der Waals surface area contributed by atoms with Crippen molar-refractivity contribution >= 4 is 27.3 Å². The van der Waals surface area contributed by atoms with Gasteiger partial charge in [-0.2, -0.15) is 0 Å². The van der Waals surface area contributed by atoms with Crippen molar-refractivity contribution in [1.82, 2.24) is 0 Å². The molecule has 0 spiro atoms. The van der Waals surface area contributed by atoms with Crippen molar-refractivity contribution in [3.05, 3.63) is 20.8 Å². The molecule has 3 N–H and O–H groups in total. The first-order chi connectivity index (χ1) is 8.69. The Morgan fingerprint density at radius 2 is 1.89 bits per heavy atom. The van der Waals surface area contributed by atoms with Gasteiger partial charge < -0.3 is 10.8 Å². The highest BCUT2D eigenvalue weighted by molar-refractivity contribution is 9.10. The smallest absolute Gasteiger partial charge is 0.0961 e. The van der Waals surface area contributed by atoms with Crippen LogP contribution in [-0.4, -0.2) is 11.7 Å². The van der Waals surface area contributed by atoms with Gasteiger partial charge in [0, 0.05) is 21.3 Å². The van der Waals surface area contributed by atoms with Gasteiger partial charge in [0.05, 0.1) is 6.10 Å². The van der Waals surface area contributed by atoms with E-state index in [2.05, 4.69) is 15.9 Å². The lowest BCUT2D eigenvalue weighted by atomic mass is 9.71. The van der Waals surface area contributed by atoms with Gasteiger partial charge in [-0.3, -0.25) is 0 Å². The molecule has 0 saturated heterocycles. The van der Waals surface area contributed by atoms with E-state index in [1.54, 1.807) is 11.3 Å². The second-order valence-electron chi connectivity index (χ2n) is 5.37. The van der Waals surface area contributed by atoms with Crippen molar-refractivity contribution in [3.8, 4) is 0 Å². The van der Waals surface area contributed by atoms with Crippen LogP contribution in [0.1, 0.15) is 55.9 Å². The normalized spacial score (nSPS) is 22.2. The maximum Gasteiger partial charge on any atom is 0.0961 e. The summed E-state index contributed by atoms with van der Waals surface area (Å²) in [5.41, 5.74) is 5.93. The van der Waals surface area contributed by atoms with Crippen LogP contribution in [0, 0.1) is 5.41 Å². The van der Waals surface area contributed by atoms with E-state index < -0.39 is 6.10 Å². The molecule has 1 unspecified atom stereocenters. The molecule has 1 aliphatic carbocycles. The minimum atomic E-state index is -0.421. The quantitative estimate of drug-likeness (QED) is 0.870. The van der Waals surface area contributed by atoms with Crippen LogP contribution in [0.3, 0.4) is 0 Å². The first-order valence-electron chi connectivity index (χ1n) is 6.81. The molecule has 102 valence electrons. The molecule has 0 radical (unpaired) electrons. The Kier molecular flexibility index (Phi) is 5.24. The molecule has 1 aromatic heterocycles. The average Bonchev–Trinajstić information content (AvgIpc) is 2.75. The topological polar surface area (TPSA) is 46.2 Å². The Hall–Kier alpha value is 0.100. The molecular formula is C14H22BrNOS. The van der Waals surface area contributed by atoms with E-state index >= 15 is 0 Å². The van der Waals surface area contributed by atoms with Crippen molar-refractivity contribution in [2.75, 3.05) is 6.54 Å². The van der Waals surface area contributed by atoms with Crippen LogP contribution in [-0.2, 0) is 0 Å². The van der Waals surface area contributed by atoms with Crippen LogP contribution in [0.5, 0.6) is 0 Å². The molecule has 0 amide bonds. The summed E-state index contributed by atoms with van der Waals surface area (Å²) in [6.45, 7) is 0.582. The van der Waals surface area contributed by atoms with Crippen molar-refractivity contribution in [1.29, 1.82) is 0 Å². The summed E-state index contributed by atoms with van der Waals surface area (Å²) in [4.78, 5) is 1.04. The molecular weight excluding hydrogens is 310 g/mol. The Bertz CT molecular complexity index is 372. The summed E-state index contributed by atoms with van der Waals surface area (Å²) in [6.07, 6.45) is 7.95. The van der Waals surface area contributed by atoms with Gasteiger partial charge in [-0.25, -0.2) is 0 Å². The van der Waals surface area contributed by atoms with E-state index in [4.69, 9.17) is 5.73 Å². The largest absolute Gasteiger partial charge is 0.387 e. The fourth-order valence-corrected chi connectivity index (χ4v) is 4.69. The lowest BCUT2D eigenvalue weighted by Gasteiger charge is -2.38. The molecule has 0 aromatic carbocycles. The SMILES string of the molecule is NCC1(C(O)c2sccc2Br)CCCCCCC1. The van der Waals surface area contributed by atoms with Crippen molar-refractivity contribution in [3.63, 3.8) is 0 Å². The minimum absolute atomic E-state index is 0.117. The van der Waals surface area contributed by atoms with Crippen molar-refractivity contribution in [2.45, 2.75) is 51.0 Å². The van der Waals surface area contributed by atoms with Gasteiger partial charge in [0.25, 0.3) is 0 Å². The van der Waals surface area contributed by atoms with E-state index in [0.29, 0.717) is 6.54 Å². The van der Waals surface area contributed by atoms with E-state index in [9.17, 15) is 5.11 Å². The number of nitrogens with two attached hydrogens (primary N) is 1. The summed E-state index contributed by atoms with van der Waals surface area (Å²) in [7, 11) is 0. The summed E-state index contributed by atoms with van der Waals surface area (Å²) in [5.74, 6) is 0. The highest BCUT2D eigenvalue weighted by atomic mass is 79.9. The number of hydrogen-bond donors (Lipinski definition) is 2. The van der Waals surface area contributed by atoms with Gasteiger partial charge in [-0.15, -0.1) is 11.3 Å². The number of thiophene rings is 1. The molecule has 1 aliphatic rings. The molecule has 4 heteroatoms. The van der Waals surface area contributed by atoms with Crippen LogP contribution in [0.2, 0.25) is 0 Å². The third-order valence-electron chi connectivity index (χ3n) is 4.23. The zero-order chi connectivity index (χ0) is 13.0. The maximum absolute atomic E-state index is 10.8. The minimum Gasteiger partial charge on any atom is -0.387 e. The average molecular weight is 332 g/mol. The molecule has 2 rings (SSSR count). The zero-order valence-corrected chi connectivity index (χ0v) is 13.1. The van der Waals surface area contributed by atoms with Crippen LogP contribution in [0.4, 0.5) is 0 Å². The number of halogens is 1. The number of rotatable bonds is 3. The van der Waals surface area contributed by atoms with Crippen molar-refractivity contribution in [2.24, 2.45) is 11.1 Å². The van der Waals surface area contributed by atoms with Gasteiger partial charge >= 0.3 is 0 Å². The Morgan fingerprint density at radius 1 is 1.28 bits per heavy atom. The van der Waals surface area contributed by atoms with Gasteiger partial charge in [0.15, 0.2) is 0 Å². The molecule has 0 aliphatic heterocycles. The lowest BCUT2D eigenvalue weighted by Crippen LogP contribution is -2.37. The van der Waals surface area contributed by atoms with E-state index in [0.717, 1.165) is 22.2 Å². The van der Waals surface area contributed by atoms with Crippen molar-refractivity contribution < 1.29 is 5.11 Å². The molecule has 18 heavy (non-hydrogen) atoms. The second-order valence-corrected chi connectivity index (χ2v) is 7.17. The predicted octanol–water partition coefficient (Wildman–Crippen LogP) is 4.23. The Morgan fingerprint density at radius 3 is 2.39 bits per heavy atom. The van der Waals surface area contributed by atoms with E-state index in [-0.39, 0.29) is 5.41 Å². The second kappa shape index (κ2) is 6.51. The van der Waals surface area contributed by atoms with Gasteiger partial charge in [0.2, 0.25) is 0 Å². The maximum atomic E-state index is 10.8. The van der Waals surface area contributed by atoms with Crippen LogP contribution >= 0.6 is 27.3 Å². The Labute approximate surface area is 122 Å². The fourth-order valence-electron chi connectivity index (χ4n) is 2.98. The molecule has 2 nitrogen and oxygen atoms in total. The Balaban J connectivity index is 2.21. The number of hydrogen-bond acceptors (Lipinski definition) is 3. The molecule has 1 fully saturated rings. The predicted molar refractivity (Wildman–Crippen MR) is 80.8 cm³/mol. The number of aliphatic hydroxyl groups excluding tert-OH is 1. The standard InChI is InChI=1S/C14H22BrNOS/c15-11-6-9-18-12(11)13(17)14(10-16)7-4-2-1-3-5-8-14/h6,9,13,17H,1-5,7-8,10,16H2. The first-order valence-corrected chi connectivity index (χ1v) is 8.48. The van der Waals surface area contributed by atoms with E-state index in [1.165, 1.54) is 32.1 Å². The summed E-state index contributed by atoms with van der Waals surface area (Å²) >= 11 is 5.16. The van der Waals surface area contributed by atoms with Crippen LogP contribution in [0.15, 0.2) is 15.9 Å². The lowest BCUT2D eigenvalue weighted by molar-refractivity contribution is 0.0106. The third kappa shape index (κ3) is 2.98. The third-order valence-corrected chi connectivity index (χ3v) is 6.15. The highest BCUT2D eigenvalue weighted by Gasteiger charge is 2.38. The fraction of sp³-hybridized carbons (Fsp3) is 0.714. The van der Waals surface area contributed by atoms with Crippen LogP contribution in [0.25, 0.3) is 0 Å². The van der Waals surface area contributed by atoms with Gasteiger partial charge in [-0.1, -0.05) is 32.1 Å². The number of aliphatic hydroxyl groups is 1. The molecule has 1 heterocycles. The first kappa shape index (κ1) is 14.5. The van der Waals surface area contributed by atoms with Crippen LogP contribution < -0.4 is 5.73 Å². The van der Waals surface area contributed by atoms with Gasteiger partial charge in [-0.05, 0) is 40.2 Å². The van der Waals surface area contributed by atoms with E-state index in [1.807, 2.05) is 11.4 Å². The zero-order valence-electron chi connectivity index (χ0n) is 10.7. The van der Waals surface area contributed by atoms with Gasteiger partial charge in [0.1, 0.15) is 0 Å². The molecule has 1 saturated carbocycles. The highest BCUT2D eigenvalue weighted by Crippen LogP contribution is 2.46. The molecule has 1 atom stereocenters.